The van der Waals surface area contributed by atoms with Gasteiger partial charge in [0.05, 0.1) is 25.0 Å². The second-order valence-electron chi connectivity index (χ2n) is 5.71. The number of pyridine rings is 1. The van der Waals surface area contributed by atoms with Gasteiger partial charge in [0.15, 0.2) is 0 Å². The topological polar surface area (TPSA) is 46.4 Å². The molecular formula is C17H19ClN3O+. The van der Waals surface area contributed by atoms with Gasteiger partial charge in [0.1, 0.15) is 11.9 Å². The van der Waals surface area contributed by atoms with Crippen molar-refractivity contribution >= 4 is 23.3 Å². The number of quaternary nitrogens is 1. The Morgan fingerprint density at radius 1 is 1.36 bits per heavy atom. The number of nitrogens with one attached hydrogen (secondary N) is 2. The van der Waals surface area contributed by atoms with Crippen LogP contribution in [0.1, 0.15) is 23.6 Å². The van der Waals surface area contributed by atoms with Crippen LogP contribution >= 0.6 is 11.6 Å². The Labute approximate surface area is 135 Å². The lowest BCUT2D eigenvalue weighted by Gasteiger charge is -2.31. The van der Waals surface area contributed by atoms with Crippen LogP contribution in [0.25, 0.3) is 0 Å². The fourth-order valence-corrected chi connectivity index (χ4v) is 3.10. The first kappa shape index (κ1) is 15.0. The Balaban J connectivity index is 1.72. The van der Waals surface area contributed by atoms with Crippen LogP contribution in [0, 0.1) is 0 Å². The molecule has 2 heterocycles. The summed E-state index contributed by atoms with van der Waals surface area (Å²) in [5.74, 6) is 0.520. The van der Waals surface area contributed by atoms with Gasteiger partial charge in [0.2, 0.25) is 5.91 Å². The zero-order chi connectivity index (χ0) is 15.5. The molecule has 5 heteroatoms. The number of benzene rings is 1. The second-order valence-corrected chi connectivity index (χ2v) is 6.15. The van der Waals surface area contributed by atoms with E-state index < -0.39 is 0 Å². The second kappa shape index (κ2) is 6.46. The van der Waals surface area contributed by atoms with Crippen LogP contribution in [-0.2, 0) is 11.2 Å². The monoisotopic (exact) mass is 316 g/mol. The number of fused-ring (bicyclic) bond motifs is 1. The first-order chi connectivity index (χ1) is 10.6. The van der Waals surface area contributed by atoms with Crippen LogP contribution < -0.4 is 10.2 Å². The molecule has 3 rings (SSSR count). The van der Waals surface area contributed by atoms with E-state index in [2.05, 4.69) is 35.5 Å². The zero-order valence-electron chi connectivity index (χ0n) is 12.5. The molecule has 114 valence electrons. The molecule has 1 aliphatic rings. The SMILES string of the molecule is C[NH+]1CCc2ccccc2[C@H]1CC(=O)Nc1ccc(Cl)cn1. The molecule has 1 unspecified atom stereocenters. The minimum atomic E-state index is -0.0177. The number of nitrogens with zero attached hydrogens (tertiary/aromatic N) is 1. The highest BCUT2D eigenvalue weighted by molar-refractivity contribution is 6.30. The molecule has 2 N–H and O–H groups in total. The molecule has 0 saturated carbocycles. The molecule has 2 atom stereocenters. The normalized spacial score (nSPS) is 20.3. The number of aromatic nitrogens is 1. The van der Waals surface area contributed by atoms with E-state index in [1.54, 1.807) is 12.1 Å². The summed E-state index contributed by atoms with van der Waals surface area (Å²) in [5.41, 5.74) is 2.64. The number of halogens is 1. The highest BCUT2D eigenvalue weighted by Gasteiger charge is 2.29. The lowest BCUT2D eigenvalue weighted by molar-refractivity contribution is -0.914. The number of carbonyl (C=O) groups excluding carboxylic acids is 1. The summed E-state index contributed by atoms with van der Waals surface area (Å²) in [6, 6.07) is 12.0. The molecule has 22 heavy (non-hydrogen) atoms. The van der Waals surface area contributed by atoms with Crippen LogP contribution in [0.15, 0.2) is 42.6 Å². The van der Waals surface area contributed by atoms with Crippen LogP contribution in [-0.4, -0.2) is 24.5 Å². The molecule has 0 fully saturated rings. The number of hydrogen-bond donors (Lipinski definition) is 2. The Bertz CT molecular complexity index is 672. The molecule has 1 amide bonds. The van der Waals surface area contributed by atoms with Gasteiger partial charge in [-0.15, -0.1) is 0 Å². The zero-order valence-corrected chi connectivity index (χ0v) is 13.2. The predicted molar refractivity (Wildman–Crippen MR) is 87.1 cm³/mol. The summed E-state index contributed by atoms with van der Waals surface area (Å²) in [6.07, 6.45) is 3.05. The predicted octanol–water partition coefficient (Wildman–Crippen LogP) is 1.88. The smallest absolute Gasteiger partial charge is 0.231 e. The lowest BCUT2D eigenvalue weighted by Crippen LogP contribution is -3.10. The van der Waals surface area contributed by atoms with Crippen molar-refractivity contribution in [2.75, 3.05) is 18.9 Å². The van der Waals surface area contributed by atoms with Crippen molar-refractivity contribution in [3.8, 4) is 0 Å². The molecular weight excluding hydrogens is 298 g/mol. The van der Waals surface area contributed by atoms with E-state index in [9.17, 15) is 4.79 Å². The van der Waals surface area contributed by atoms with Gasteiger partial charge < -0.3 is 10.2 Å². The summed E-state index contributed by atoms with van der Waals surface area (Å²) < 4.78 is 0. The fraction of sp³-hybridized carbons (Fsp3) is 0.294. The number of anilines is 1. The van der Waals surface area contributed by atoms with E-state index in [-0.39, 0.29) is 11.9 Å². The van der Waals surface area contributed by atoms with Gasteiger partial charge in [-0.3, -0.25) is 4.79 Å². The molecule has 0 bridgehead atoms. The molecule has 1 aliphatic heterocycles. The number of rotatable bonds is 3. The minimum absolute atomic E-state index is 0.0177. The standard InChI is InChI=1S/C17H18ClN3O/c1-21-9-8-12-4-2-3-5-14(12)15(21)10-17(22)20-16-7-6-13(18)11-19-16/h2-7,11,15H,8-10H2,1H3,(H,19,20,22)/p+1/t15-/m1/s1. The third-order valence-electron chi connectivity index (χ3n) is 4.20. The van der Waals surface area contributed by atoms with Gasteiger partial charge in [0.25, 0.3) is 0 Å². The summed E-state index contributed by atoms with van der Waals surface area (Å²) in [4.78, 5) is 17.8. The molecule has 0 radical (unpaired) electrons. The van der Waals surface area contributed by atoms with E-state index >= 15 is 0 Å². The molecule has 1 aromatic heterocycles. The molecule has 0 aliphatic carbocycles. The summed E-state index contributed by atoms with van der Waals surface area (Å²) in [5, 5.41) is 3.40. The third-order valence-corrected chi connectivity index (χ3v) is 4.42. The van der Waals surface area contributed by atoms with E-state index in [4.69, 9.17) is 11.6 Å². The van der Waals surface area contributed by atoms with Crippen LogP contribution in [0.2, 0.25) is 5.02 Å². The summed E-state index contributed by atoms with van der Waals surface area (Å²) in [6.45, 7) is 1.05. The van der Waals surface area contributed by atoms with E-state index in [0.29, 0.717) is 17.3 Å². The van der Waals surface area contributed by atoms with Crippen LogP contribution in [0.3, 0.4) is 0 Å². The molecule has 2 aromatic rings. The number of likely N-dealkylation sites (N-methyl/N-ethyl adjacent to an activating group) is 1. The Morgan fingerprint density at radius 3 is 2.95 bits per heavy atom. The van der Waals surface area contributed by atoms with Crippen molar-refractivity contribution in [2.24, 2.45) is 0 Å². The largest absolute Gasteiger partial charge is 0.330 e. The average Bonchev–Trinajstić information content (AvgIpc) is 2.52. The van der Waals surface area contributed by atoms with Gasteiger partial charge in [0, 0.05) is 18.2 Å². The van der Waals surface area contributed by atoms with Crippen molar-refractivity contribution in [3.05, 3.63) is 58.7 Å². The van der Waals surface area contributed by atoms with Crippen molar-refractivity contribution in [3.63, 3.8) is 0 Å². The van der Waals surface area contributed by atoms with Crippen molar-refractivity contribution in [2.45, 2.75) is 18.9 Å². The number of hydrogen-bond acceptors (Lipinski definition) is 2. The quantitative estimate of drug-likeness (QED) is 0.908. The highest BCUT2D eigenvalue weighted by atomic mass is 35.5. The summed E-state index contributed by atoms with van der Waals surface area (Å²) >= 11 is 5.80. The van der Waals surface area contributed by atoms with E-state index in [1.165, 1.54) is 22.2 Å². The first-order valence-corrected chi connectivity index (χ1v) is 7.83. The Hall–Kier alpha value is -1.91. The number of carbonyl (C=O) groups is 1. The number of amides is 1. The van der Waals surface area contributed by atoms with Crippen molar-refractivity contribution in [1.29, 1.82) is 0 Å². The fourth-order valence-electron chi connectivity index (χ4n) is 2.99. The van der Waals surface area contributed by atoms with Crippen molar-refractivity contribution < 1.29 is 9.69 Å². The minimum Gasteiger partial charge on any atom is -0.330 e. The van der Waals surface area contributed by atoms with Crippen LogP contribution in [0.5, 0.6) is 0 Å². The highest BCUT2D eigenvalue weighted by Crippen LogP contribution is 2.22. The molecule has 0 spiro atoms. The Kier molecular flexibility index (Phi) is 4.41. The maximum atomic E-state index is 12.3. The average molecular weight is 317 g/mol. The maximum Gasteiger partial charge on any atom is 0.231 e. The first-order valence-electron chi connectivity index (χ1n) is 7.45. The molecule has 1 aromatic carbocycles. The van der Waals surface area contributed by atoms with E-state index in [0.717, 1.165) is 13.0 Å². The Morgan fingerprint density at radius 2 is 2.18 bits per heavy atom. The van der Waals surface area contributed by atoms with Gasteiger partial charge in [-0.1, -0.05) is 35.9 Å². The van der Waals surface area contributed by atoms with Crippen molar-refractivity contribution in [1.82, 2.24) is 4.98 Å². The van der Waals surface area contributed by atoms with Gasteiger partial charge in [-0.05, 0) is 17.7 Å². The maximum absolute atomic E-state index is 12.3. The van der Waals surface area contributed by atoms with Crippen LogP contribution in [0.4, 0.5) is 5.82 Å². The van der Waals surface area contributed by atoms with E-state index in [1.807, 2.05) is 6.07 Å². The van der Waals surface area contributed by atoms with Gasteiger partial charge in [-0.25, -0.2) is 4.98 Å². The van der Waals surface area contributed by atoms with Gasteiger partial charge >= 0.3 is 0 Å². The lowest BCUT2D eigenvalue weighted by atomic mass is 9.91. The third kappa shape index (κ3) is 3.29. The molecule has 4 nitrogen and oxygen atoms in total. The molecule has 0 saturated heterocycles. The summed E-state index contributed by atoms with van der Waals surface area (Å²) in [7, 11) is 2.15. The van der Waals surface area contributed by atoms with Gasteiger partial charge in [-0.2, -0.15) is 0 Å².